The summed E-state index contributed by atoms with van der Waals surface area (Å²) in [7, 11) is 0. The first-order valence-electron chi connectivity index (χ1n) is 8.29. The van der Waals surface area contributed by atoms with E-state index in [2.05, 4.69) is 62.2 Å². The Balaban J connectivity index is 2.62. The predicted molar refractivity (Wildman–Crippen MR) is 92.1 cm³/mol. The highest BCUT2D eigenvalue weighted by molar-refractivity contribution is 5.52. The second-order valence-corrected chi connectivity index (χ2v) is 5.79. The first-order valence-corrected chi connectivity index (χ1v) is 8.29. The van der Waals surface area contributed by atoms with Gasteiger partial charge in [-0.25, -0.2) is 0 Å². The fraction of sp³-hybridized carbons (Fsp3) is 0.667. The van der Waals surface area contributed by atoms with Crippen molar-refractivity contribution in [3.63, 3.8) is 0 Å². The lowest BCUT2D eigenvalue weighted by Gasteiger charge is -2.33. The summed E-state index contributed by atoms with van der Waals surface area (Å²) in [6.45, 7) is 11.8. The molecule has 0 aliphatic carbocycles. The van der Waals surface area contributed by atoms with E-state index in [1.165, 1.54) is 11.3 Å². The number of aliphatic hydroxyl groups excluding tert-OH is 1. The van der Waals surface area contributed by atoms with Gasteiger partial charge in [-0.15, -0.1) is 0 Å². The molecule has 0 aromatic heterocycles. The van der Waals surface area contributed by atoms with Crippen molar-refractivity contribution in [2.24, 2.45) is 0 Å². The summed E-state index contributed by atoms with van der Waals surface area (Å²) in [4.78, 5) is 2.43. The van der Waals surface area contributed by atoms with Crippen LogP contribution in [0.25, 0.3) is 0 Å². The summed E-state index contributed by atoms with van der Waals surface area (Å²) in [5.41, 5.74) is 2.55. The molecule has 3 heteroatoms. The first kappa shape index (κ1) is 18.0. The third-order valence-corrected chi connectivity index (χ3v) is 4.45. The SMILES string of the molecule is CCNC(CC)(CO)CCCN(CC)c1ccccc1C. The van der Waals surface area contributed by atoms with E-state index >= 15 is 0 Å². The average Bonchev–Trinajstić information content (AvgIpc) is 2.51. The molecule has 1 unspecified atom stereocenters. The summed E-state index contributed by atoms with van der Waals surface area (Å²) < 4.78 is 0. The van der Waals surface area contributed by atoms with Crippen LogP contribution in [0.5, 0.6) is 0 Å². The van der Waals surface area contributed by atoms with E-state index in [0.29, 0.717) is 0 Å². The van der Waals surface area contributed by atoms with Crippen LogP contribution in [0.1, 0.15) is 45.6 Å². The molecule has 120 valence electrons. The van der Waals surface area contributed by atoms with Crippen LogP contribution in [0.3, 0.4) is 0 Å². The van der Waals surface area contributed by atoms with Gasteiger partial charge in [-0.05, 0) is 51.3 Å². The zero-order chi connectivity index (χ0) is 15.7. The normalized spacial score (nSPS) is 14.0. The first-order chi connectivity index (χ1) is 10.1. The largest absolute Gasteiger partial charge is 0.394 e. The minimum Gasteiger partial charge on any atom is -0.394 e. The van der Waals surface area contributed by atoms with Crippen LogP contribution in [0, 0.1) is 6.92 Å². The number of hydrogen-bond acceptors (Lipinski definition) is 3. The monoisotopic (exact) mass is 292 g/mol. The fourth-order valence-electron chi connectivity index (χ4n) is 2.99. The number of aryl methyl sites for hydroxylation is 1. The highest BCUT2D eigenvalue weighted by Crippen LogP contribution is 2.22. The molecule has 0 aliphatic rings. The van der Waals surface area contributed by atoms with E-state index in [9.17, 15) is 5.11 Å². The number of hydrogen-bond donors (Lipinski definition) is 2. The Hall–Kier alpha value is -1.06. The average molecular weight is 292 g/mol. The highest BCUT2D eigenvalue weighted by atomic mass is 16.3. The van der Waals surface area contributed by atoms with Crippen molar-refractivity contribution in [2.45, 2.75) is 52.5 Å². The van der Waals surface area contributed by atoms with Crippen LogP contribution in [-0.4, -0.2) is 36.9 Å². The second-order valence-electron chi connectivity index (χ2n) is 5.79. The Labute approximate surface area is 130 Å². The Morgan fingerprint density at radius 1 is 1.19 bits per heavy atom. The van der Waals surface area contributed by atoms with E-state index in [1.54, 1.807) is 0 Å². The van der Waals surface area contributed by atoms with Gasteiger partial charge < -0.3 is 15.3 Å². The lowest BCUT2D eigenvalue weighted by Crippen LogP contribution is -2.48. The van der Waals surface area contributed by atoms with Gasteiger partial charge in [0.05, 0.1) is 6.61 Å². The van der Waals surface area contributed by atoms with Crippen LogP contribution in [-0.2, 0) is 0 Å². The lowest BCUT2D eigenvalue weighted by molar-refractivity contribution is 0.147. The van der Waals surface area contributed by atoms with Gasteiger partial charge in [-0.2, -0.15) is 0 Å². The third-order valence-electron chi connectivity index (χ3n) is 4.45. The lowest BCUT2D eigenvalue weighted by atomic mass is 9.91. The molecule has 0 radical (unpaired) electrons. The molecule has 0 heterocycles. The highest BCUT2D eigenvalue weighted by Gasteiger charge is 2.25. The topological polar surface area (TPSA) is 35.5 Å². The van der Waals surface area contributed by atoms with Crippen molar-refractivity contribution in [1.82, 2.24) is 5.32 Å². The number of likely N-dealkylation sites (N-methyl/N-ethyl adjacent to an activating group) is 1. The molecule has 0 aliphatic heterocycles. The molecule has 0 fully saturated rings. The molecule has 3 nitrogen and oxygen atoms in total. The minimum atomic E-state index is -0.111. The van der Waals surface area contributed by atoms with Gasteiger partial charge in [0.1, 0.15) is 0 Å². The molecule has 1 rings (SSSR count). The van der Waals surface area contributed by atoms with E-state index in [4.69, 9.17) is 0 Å². The summed E-state index contributed by atoms with van der Waals surface area (Å²) in [6, 6.07) is 8.56. The molecule has 2 N–H and O–H groups in total. The molecular weight excluding hydrogens is 260 g/mol. The van der Waals surface area contributed by atoms with Crippen molar-refractivity contribution in [3.05, 3.63) is 29.8 Å². The molecule has 0 saturated carbocycles. The molecule has 0 spiro atoms. The van der Waals surface area contributed by atoms with Gasteiger partial charge >= 0.3 is 0 Å². The van der Waals surface area contributed by atoms with Gasteiger partial charge in [-0.3, -0.25) is 0 Å². The van der Waals surface area contributed by atoms with Crippen molar-refractivity contribution >= 4 is 5.69 Å². The number of benzene rings is 1. The molecule has 0 amide bonds. The molecule has 1 aromatic rings. The zero-order valence-corrected chi connectivity index (χ0v) is 14.2. The number of rotatable bonds is 10. The maximum absolute atomic E-state index is 9.72. The number of anilines is 1. The van der Waals surface area contributed by atoms with Crippen molar-refractivity contribution < 1.29 is 5.11 Å². The summed E-state index contributed by atoms with van der Waals surface area (Å²) in [5.74, 6) is 0. The van der Waals surface area contributed by atoms with Gasteiger partial charge in [0.15, 0.2) is 0 Å². The number of aliphatic hydroxyl groups is 1. The van der Waals surface area contributed by atoms with Gasteiger partial charge in [0, 0.05) is 24.3 Å². The molecule has 0 bridgehead atoms. The van der Waals surface area contributed by atoms with Crippen molar-refractivity contribution in [2.75, 3.05) is 31.1 Å². The van der Waals surface area contributed by atoms with E-state index in [1.807, 2.05) is 0 Å². The van der Waals surface area contributed by atoms with Crippen molar-refractivity contribution in [1.29, 1.82) is 0 Å². The van der Waals surface area contributed by atoms with Crippen LogP contribution in [0.2, 0.25) is 0 Å². The quantitative estimate of drug-likeness (QED) is 0.694. The van der Waals surface area contributed by atoms with Crippen molar-refractivity contribution in [3.8, 4) is 0 Å². The van der Waals surface area contributed by atoms with E-state index < -0.39 is 0 Å². The van der Waals surface area contributed by atoms with Gasteiger partial charge in [0.25, 0.3) is 0 Å². The molecular formula is C18H32N2O. The Bertz CT molecular complexity index is 402. The number of nitrogens with zero attached hydrogens (tertiary/aromatic N) is 1. The molecule has 21 heavy (non-hydrogen) atoms. The molecule has 0 saturated heterocycles. The van der Waals surface area contributed by atoms with E-state index in [-0.39, 0.29) is 12.1 Å². The van der Waals surface area contributed by atoms with Crippen LogP contribution in [0.4, 0.5) is 5.69 Å². The smallest absolute Gasteiger partial charge is 0.0613 e. The number of nitrogens with one attached hydrogen (secondary N) is 1. The number of para-hydroxylation sites is 1. The Kier molecular flexibility index (Phi) is 7.76. The van der Waals surface area contributed by atoms with Gasteiger partial charge in [-0.1, -0.05) is 32.0 Å². The maximum Gasteiger partial charge on any atom is 0.0613 e. The van der Waals surface area contributed by atoms with Crippen LogP contribution in [0.15, 0.2) is 24.3 Å². The Morgan fingerprint density at radius 3 is 2.43 bits per heavy atom. The standard InChI is InChI=1S/C18H32N2O/c1-5-18(15-21,19-6-2)13-10-14-20(7-3)17-12-9-8-11-16(17)4/h8-9,11-12,19,21H,5-7,10,13-15H2,1-4H3. The minimum absolute atomic E-state index is 0.111. The molecule has 1 atom stereocenters. The summed E-state index contributed by atoms with van der Waals surface area (Å²) >= 11 is 0. The Morgan fingerprint density at radius 2 is 1.90 bits per heavy atom. The predicted octanol–water partition coefficient (Wildman–Crippen LogP) is 3.35. The second kappa shape index (κ2) is 9.06. The zero-order valence-electron chi connectivity index (χ0n) is 14.2. The third kappa shape index (κ3) is 5.01. The van der Waals surface area contributed by atoms with E-state index in [0.717, 1.165) is 38.9 Å². The van der Waals surface area contributed by atoms with Crippen LogP contribution < -0.4 is 10.2 Å². The molecule has 1 aromatic carbocycles. The van der Waals surface area contributed by atoms with Gasteiger partial charge in [0.2, 0.25) is 0 Å². The van der Waals surface area contributed by atoms with Crippen LogP contribution >= 0.6 is 0 Å². The maximum atomic E-state index is 9.72. The summed E-state index contributed by atoms with van der Waals surface area (Å²) in [5, 5.41) is 13.2. The fourth-order valence-corrected chi connectivity index (χ4v) is 2.99. The summed E-state index contributed by atoms with van der Waals surface area (Å²) in [6.07, 6.45) is 3.06.